The van der Waals surface area contributed by atoms with Gasteiger partial charge in [-0.2, -0.15) is 0 Å². The van der Waals surface area contributed by atoms with E-state index in [4.69, 9.17) is 4.74 Å². The maximum absolute atomic E-state index is 15.5. The Balaban J connectivity index is 0.00000304. The fraction of sp³-hybridized carbons (Fsp3) is 0.286. The molecule has 7 heteroatoms. The largest absolute Gasteiger partial charge is 0.496 e. The third-order valence-electron chi connectivity index (χ3n) is 6.71. The van der Waals surface area contributed by atoms with Crippen LogP contribution in [0.2, 0.25) is 0 Å². The van der Waals surface area contributed by atoms with E-state index in [2.05, 4.69) is 27.0 Å². The van der Waals surface area contributed by atoms with Crippen LogP contribution in [0, 0.1) is 5.82 Å². The summed E-state index contributed by atoms with van der Waals surface area (Å²) in [5.74, 6) is 0.168. The van der Waals surface area contributed by atoms with E-state index in [-0.39, 0.29) is 19.1 Å². The average Bonchev–Trinajstić information content (AvgIpc) is 3.35. The predicted octanol–water partition coefficient (Wildman–Crippen LogP) is 5.71. The van der Waals surface area contributed by atoms with Crippen molar-refractivity contribution in [1.82, 2.24) is 14.9 Å². The Labute approximate surface area is 205 Å². The number of aromatic nitrogens is 2. The fourth-order valence-corrected chi connectivity index (χ4v) is 4.78. The zero-order valence-electron chi connectivity index (χ0n) is 20.2. The lowest BCUT2D eigenvalue weighted by atomic mass is 9.94. The number of benzene rings is 2. The smallest absolute Gasteiger partial charge is 0.270 e. The number of carbonyl (C=O) groups excluding carboxylic acids is 1. The topological polar surface area (TPSA) is 61.5 Å². The zero-order valence-corrected chi connectivity index (χ0v) is 20.2. The van der Waals surface area contributed by atoms with E-state index >= 15 is 4.39 Å². The second-order valence-electron chi connectivity index (χ2n) is 9.14. The summed E-state index contributed by atoms with van der Waals surface area (Å²) < 4.78 is 21.1. The molecule has 3 heterocycles. The monoisotopic (exact) mass is 474 g/mol. The molecular formula is C28H31FN4O2. The summed E-state index contributed by atoms with van der Waals surface area (Å²) in [6.07, 6.45) is 3.38. The van der Waals surface area contributed by atoms with Crippen LogP contribution in [0.5, 0.6) is 5.75 Å². The Morgan fingerprint density at radius 2 is 1.83 bits per heavy atom. The van der Waals surface area contributed by atoms with Gasteiger partial charge in [0.05, 0.1) is 12.6 Å². The van der Waals surface area contributed by atoms with E-state index in [0.29, 0.717) is 41.0 Å². The lowest BCUT2D eigenvalue weighted by Crippen LogP contribution is -2.48. The molecule has 0 spiro atoms. The molecule has 2 aromatic heterocycles. The van der Waals surface area contributed by atoms with Gasteiger partial charge >= 0.3 is 0 Å². The summed E-state index contributed by atoms with van der Waals surface area (Å²) >= 11 is 0. The third kappa shape index (κ3) is 4.22. The first-order valence-corrected chi connectivity index (χ1v) is 11.9. The summed E-state index contributed by atoms with van der Waals surface area (Å²) in [5, 5.41) is 0.643. The van der Waals surface area contributed by atoms with Crippen LogP contribution >= 0.6 is 0 Å². The standard InChI is InChI=1S/C28H29FN4O2.H2/c1-18(2)20-15-21(23-17-30-10-9-25(23)35-3)22-16-24(31-27(22)26(20)29)28(34)33-13-11-32(12-14-33)19-7-5-4-6-8-19;/h4-10,15-18,31H,11-14H2,1-3H3;1H. The fourth-order valence-electron chi connectivity index (χ4n) is 4.78. The number of nitrogens with one attached hydrogen (secondary N) is 1. The first-order chi connectivity index (χ1) is 17.0. The number of methoxy groups -OCH3 is 1. The van der Waals surface area contributed by atoms with Crippen LogP contribution in [0.4, 0.5) is 10.1 Å². The zero-order chi connectivity index (χ0) is 24.5. The van der Waals surface area contributed by atoms with Gasteiger partial charge in [0, 0.05) is 56.6 Å². The molecule has 2 aromatic carbocycles. The molecule has 1 fully saturated rings. The number of piperazine rings is 1. The quantitative estimate of drug-likeness (QED) is 0.403. The molecule has 35 heavy (non-hydrogen) atoms. The van der Waals surface area contributed by atoms with Crippen LogP contribution in [-0.4, -0.2) is 54.1 Å². The number of rotatable bonds is 5. The summed E-state index contributed by atoms with van der Waals surface area (Å²) in [6, 6.07) is 15.6. The molecule has 1 saturated heterocycles. The molecule has 0 atom stereocenters. The van der Waals surface area contributed by atoms with Crippen LogP contribution in [0.3, 0.4) is 0 Å². The van der Waals surface area contributed by atoms with Crippen molar-refractivity contribution in [1.29, 1.82) is 0 Å². The highest BCUT2D eigenvalue weighted by Crippen LogP contribution is 2.39. The number of aromatic amines is 1. The van der Waals surface area contributed by atoms with Crippen molar-refractivity contribution >= 4 is 22.5 Å². The second kappa shape index (κ2) is 9.41. The molecular weight excluding hydrogens is 443 g/mol. The SMILES string of the molecule is COc1ccncc1-c1cc(C(C)C)c(F)c2[nH]c(C(=O)N3CCN(c4ccccc4)CC3)cc12.[HH]. The van der Waals surface area contributed by atoms with Crippen molar-refractivity contribution in [3.05, 3.63) is 78.0 Å². The predicted molar refractivity (Wildman–Crippen MR) is 139 cm³/mol. The normalized spacial score (nSPS) is 14.1. The first kappa shape index (κ1) is 22.9. The van der Waals surface area contributed by atoms with Gasteiger partial charge in [0.2, 0.25) is 0 Å². The molecule has 1 aliphatic heterocycles. The number of fused-ring (bicyclic) bond motifs is 1. The number of halogens is 1. The van der Waals surface area contributed by atoms with Gasteiger partial charge in [-0.25, -0.2) is 4.39 Å². The van der Waals surface area contributed by atoms with Crippen molar-refractivity contribution in [2.24, 2.45) is 0 Å². The van der Waals surface area contributed by atoms with Gasteiger partial charge < -0.3 is 19.5 Å². The van der Waals surface area contributed by atoms with E-state index < -0.39 is 0 Å². The Morgan fingerprint density at radius 1 is 1.09 bits per heavy atom. The minimum atomic E-state index is -0.324. The molecule has 6 nitrogen and oxygen atoms in total. The first-order valence-electron chi connectivity index (χ1n) is 11.9. The van der Waals surface area contributed by atoms with E-state index in [1.54, 1.807) is 31.6 Å². The van der Waals surface area contributed by atoms with Crippen molar-refractivity contribution < 1.29 is 15.3 Å². The minimum Gasteiger partial charge on any atom is -0.496 e. The van der Waals surface area contributed by atoms with Gasteiger partial charge in [-0.05, 0) is 47.4 Å². The molecule has 1 aliphatic rings. The van der Waals surface area contributed by atoms with Crippen molar-refractivity contribution in [3.63, 3.8) is 0 Å². The number of nitrogens with zero attached hydrogens (tertiary/aromatic N) is 3. The van der Waals surface area contributed by atoms with Crippen LogP contribution in [0.15, 0.2) is 60.9 Å². The van der Waals surface area contributed by atoms with Crippen LogP contribution < -0.4 is 9.64 Å². The summed E-state index contributed by atoms with van der Waals surface area (Å²) in [4.78, 5) is 24.9. The second-order valence-corrected chi connectivity index (χ2v) is 9.14. The minimum absolute atomic E-state index is 0. The average molecular weight is 475 g/mol. The highest BCUT2D eigenvalue weighted by atomic mass is 19.1. The summed E-state index contributed by atoms with van der Waals surface area (Å²) in [7, 11) is 1.60. The van der Waals surface area contributed by atoms with Crippen molar-refractivity contribution in [2.75, 3.05) is 38.2 Å². The van der Waals surface area contributed by atoms with Crippen LogP contribution in [0.1, 0.15) is 37.2 Å². The number of H-pyrrole nitrogens is 1. The van der Waals surface area contributed by atoms with Crippen molar-refractivity contribution in [3.8, 4) is 16.9 Å². The number of pyridine rings is 1. The highest BCUT2D eigenvalue weighted by molar-refractivity contribution is 6.04. The molecule has 4 aromatic rings. The van der Waals surface area contributed by atoms with Gasteiger partial charge in [-0.15, -0.1) is 0 Å². The Hall–Kier alpha value is -3.87. The number of hydrogen-bond acceptors (Lipinski definition) is 4. The molecule has 0 unspecified atom stereocenters. The van der Waals surface area contributed by atoms with Crippen molar-refractivity contribution in [2.45, 2.75) is 19.8 Å². The number of ether oxygens (including phenoxy) is 1. The lowest BCUT2D eigenvalue weighted by molar-refractivity contribution is 0.0742. The number of anilines is 1. The Kier molecular flexibility index (Phi) is 6.16. The van der Waals surface area contributed by atoms with E-state index in [1.807, 2.05) is 43.0 Å². The number of amides is 1. The van der Waals surface area contributed by atoms with Gasteiger partial charge in [0.15, 0.2) is 5.82 Å². The molecule has 182 valence electrons. The number of hydrogen-bond donors (Lipinski definition) is 1. The number of para-hydroxylation sites is 1. The van der Waals surface area contributed by atoms with Gasteiger partial charge in [-0.1, -0.05) is 32.0 Å². The summed E-state index contributed by atoms with van der Waals surface area (Å²) in [5.41, 5.74) is 4.01. The van der Waals surface area contributed by atoms with E-state index in [0.717, 1.165) is 29.9 Å². The third-order valence-corrected chi connectivity index (χ3v) is 6.71. The maximum atomic E-state index is 15.5. The molecule has 5 rings (SSSR count). The van der Waals surface area contributed by atoms with E-state index in [1.165, 1.54) is 0 Å². The van der Waals surface area contributed by atoms with Gasteiger partial charge in [-0.3, -0.25) is 9.78 Å². The molecule has 1 amide bonds. The molecule has 0 aliphatic carbocycles. The maximum Gasteiger partial charge on any atom is 0.270 e. The molecule has 1 N–H and O–H groups in total. The van der Waals surface area contributed by atoms with Crippen LogP contribution in [0.25, 0.3) is 22.0 Å². The van der Waals surface area contributed by atoms with Crippen LogP contribution in [-0.2, 0) is 0 Å². The molecule has 0 radical (unpaired) electrons. The number of carbonyl (C=O) groups is 1. The molecule has 0 saturated carbocycles. The Morgan fingerprint density at radius 3 is 2.51 bits per heavy atom. The lowest BCUT2D eigenvalue weighted by Gasteiger charge is -2.36. The highest BCUT2D eigenvalue weighted by Gasteiger charge is 2.26. The van der Waals surface area contributed by atoms with E-state index in [9.17, 15) is 4.79 Å². The molecule has 0 bridgehead atoms. The van der Waals surface area contributed by atoms with Gasteiger partial charge in [0.1, 0.15) is 11.4 Å². The Bertz CT molecular complexity index is 1360. The van der Waals surface area contributed by atoms with Gasteiger partial charge in [0.25, 0.3) is 5.91 Å². The summed E-state index contributed by atoms with van der Waals surface area (Å²) in [6.45, 7) is 6.61.